The number of carboxylic acids is 1. The quantitative estimate of drug-likeness (QED) is 0.905. The van der Waals surface area contributed by atoms with Crippen molar-refractivity contribution in [1.82, 2.24) is 4.90 Å². The van der Waals surface area contributed by atoms with E-state index >= 15 is 0 Å². The van der Waals surface area contributed by atoms with E-state index in [0.717, 1.165) is 5.56 Å². The first-order chi connectivity index (χ1) is 8.59. The van der Waals surface area contributed by atoms with Gasteiger partial charge < -0.3 is 10.0 Å². The molecule has 18 heavy (non-hydrogen) atoms. The van der Waals surface area contributed by atoms with E-state index in [9.17, 15) is 9.59 Å². The Hall–Kier alpha value is -1.49. The summed E-state index contributed by atoms with van der Waals surface area (Å²) in [7, 11) is 0. The molecule has 96 valence electrons. The van der Waals surface area contributed by atoms with E-state index in [4.69, 9.17) is 5.11 Å². The predicted molar refractivity (Wildman–Crippen MR) is 70.5 cm³/mol. The van der Waals surface area contributed by atoms with Crippen molar-refractivity contribution in [3.8, 4) is 0 Å². The number of hydrogen-bond donors (Lipinski definition) is 1. The summed E-state index contributed by atoms with van der Waals surface area (Å²) in [5.41, 5.74) is 1.03. The fraction of sp³-hybridized carbons (Fsp3) is 0.385. The summed E-state index contributed by atoms with van der Waals surface area (Å²) in [5.74, 6) is -0.597. The van der Waals surface area contributed by atoms with Gasteiger partial charge in [-0.05, 0) is 12.5 Å². The van der Waals surface area contributed by atoms with E-state index in [2.05, 4.69) is 0 Å². The maximum Gasteiger partial charge on any atom is 0.318 e. The zero-order chi connectivity index (χ0) is 13.1. The number of carbonyl (C=O) groups excluding carboxylic acids is 1. The van der Waals surface area contributed by atoms with E-state index < -0.39 is 11.2 Å². The Balaban J connectivity index is 2.15. The Kier molecular flexibility index (Phi) is 3.91. The predicted octanol–water partition coefficient (Wildman–Crippen LogP) is 1.78. The molecule has 1 aliphatic heterocycles. The standard InChI is InChI=1S/C13H15NO3S/c1-9(10-5-3-2-4-6-10)14-7-11(13(16)17)18-8-12(14)15/h2-6,9,11H,7-8H2,1H3,(H,16,17). The normalized spacial score (nSPS) is 21.7. The Morgan fingerprint density at radius 2 is 2.11 bits per heavy atom. The molecule has 2 unspecified atom stereocenters. The first-order valence-corrected chi connectivity index (χ1v) is 6.83. The van der Waals surface area contributed by atoms with Gasteiger partial charge in [-0.15, -0.1) is 11.8 Å². The maximum atomic E-state index is 11.9. The van der Waals surface area contributed by atoms with Crippen LogP contribution in [0.4, 0.5) is 0 Å². The number of carboxylic acid groups (broad SMARTS) is 1. The minimum Gasteiger partial charge on any atom is -0.480 e. The molecular formula is C13H15NO3S. The molecule has 5 heteroatoms. The van der Waals surface area contributed by atoms with Crippen molar-refractivity contribution in [2.75, 3.05) is 12.3 Å². The second-order valence-electron chi connectivity index (χ2n) is 4.27. The number of nitrogens with zero attached hydrogens (tertiary/aromatic N) is 1. The first-order valence-electron chi connectivity index (χ1n) is 5.78. The van der Waals surface area contributed by atoms with Crippen LogP contribution in [-0.4, -0.2) is 39.4 Å². The molecule has 1 aromatic rings. The van der Waals surface area contributed by atoms with Gasteiger partial charge in [0.2, 0.25) is 5.91 Å². The number of benzene rings is 1. The van der Waals surface area contributed by atoms with Crippen LogP contribution < -0.4 is 0 Å². The van der Waals surface area contributed by atoms with Gasteiger partial charge in [0.15, 0.2) is 0 Å². The maximum absolute atomic E-state index is 11.9. The average molecular weight is 265 g/mol. The Morgan fingerprint density at radius 1 is 1.44 bits per heavy atom. The Morgan fingerprint density at radius 3 is 2.72 bits per heavy atom. The molecule has 0 bridgehead atoms. The van der Waals surface area contributed by atoms with Crippen molar-refractivity contribution in [2.45, 2.75) is 18.2 Å². The number of carbonyl (C=O) groups is 2. The van der Waals surface area contributed by atoms with Crippen molar-refractivity contribution >= 4 is 23.6 Å². The Labute approximate surface area is 110 Å². The SMILES string of the molecule is CC(c1ccccc1)N1CC(C(=O)O)SCC1=O. The zero-order valence-electron chi connectivity index (χ0n) is 10.1. The fourth-order valence-corrected chi connectivity index (χ4v) is 2.94. The summed E-state index contributed by atoms with van der Waals surface area (Å²) >= 11 is 1.21. The molecule has 0 aliphatic carbocycles. The lowest BCUT2D eigenvalue weighted by Gasteiger charge is -2.35. The third-order valence-electron chi connectivity index (χ3n) is 3.12. The summed E-state index contributed by atoms with van der Waals surface area (Å²) in [6.45, 7) is 2.21. The van der Waals surface area contributed by atoms with E-state index in [-0.39, 0.29) is 24.2 Å². The molecule has 1 saturated heterocycles. The zero-order valence-corrected chi connectivity index (χ0v) is 10.9. The van der Waals surface area contributed by atoms with Gasteiger partial charge in [0.05, 0.1) is 11.8 Å². The van der Waals surface area contributed by atoms with Gasteiger partial charge in [-0.25, -0.2) is 0 Å². The number of thioether (sulfide) groups is 1. The van der Waals surface area contributed by atoms with Gasteiger partial charge in [0, 0.05) is 6.54 Å². The summed E-state index contributed by atoms with van der Waals surface area (Å²) in [6, 6.07) is 9.59. The molecule has 0 aromatic heterocycles. The molecule has 0 radical (unpaired) electrons. The smallest absolute Gasteiger partial charge is 0.318 e. The molecule has 1 amide bonds. The van der Waals surface area contributed by atoms with Crippen LogP contribution in [0.5, 0.6) is 0 Å². The van der Waals surface area contributed by atoms with Gasteiger partial charge in [-0.3, -0.25) is 9.59 Å². The lowest BCUT2D eigenvalue weighted by Crippen LogP contribution is -2.46. The summed E-state index contributed by atoms with van der Waals surface area (Å²) in [5, 5.41) is 8.52. The molecule has 4 nitrogen and oxygen atoms in total. The summed E-state index contributed by atoms with van der Waals surface area (Å²) < 4.78 is 0. The molecule has 1 fully saturated rings. The minimum atomic E-state index is -0.849. The van der Waals surface area contributed by atoms with Crippen molar-refractivity contribution in [1.29, 1.82) is 0 Å². The second-order valence-corrected chi connectivity index (χ2v) is 5.46. The van der Waals surface area contributed by atoms with Crippen LogP contribution in [0.1, 0.15) is 18.5 Å². The van der Waals surface area contributed by atoms with Crippen LogP contribution in [0, 0.1) is 0 Å². The number of rotatable bonds is 3. The van der Waals surface area contributed by atoms with Crippen molar-refractivity contribution in [3.05, 3.63) is 35.9 Å². The van der Waals surface area contributed by atoms with E-state index in [1.54, 1.807) is 4.90 Å². The monoisotopic (exact) mass is 265 g/mol. The highest BCUT2D eigenvalue weighted by atomic mass is 32.2. The van der Waals surface area contributed by atoms with E-state index in [0.29, 0.717) is 0 Å². The molecule has 1 aromatic carbocycles. The van der Waals surface area contributed by atoms with Crippen LogP contribution in [0.25, 0.3) is 0 Å². The van der Waals surface area contributed by atoms with Gasteiger partial charge in [0.1, 0.15) is 5.25 Å². The van der Waals surface area contributed by atoms with Gasteiger partial charge >= 0.3 is 5.97 Å². The van der Waals surface area contributed by atoms with Crippen LogP contribution in [0.2, 0.25) is 0 Å². The molecule has 0 spiro atoms. The van der Waals surface area contributed by atoms with Gasteiger partial charge in [-0.2, -0.15) is 0 Å². The highest BCUT2D eigenvalue weighted by molar-refractivity contribution is 8.01. The third-order valence-corrected chi connectivity index (χ3v) is 4.28. The van der Waals surface area contributed by atoms with Crippen LogP contribution in [0.15, 0.2) is 30.3 Å². The molecule has 1 aliphatic rings. The van der Waals surface area contributed by atoms with Crippen molar-refractivity contribution in [3.63, 3.8) is 0 Å². The molecule has 2 rings (SSSR count). The topological polar surface area (TPSA) is 57.6 Å². The fourth-order valence-electron chi connectivity index (χ4n) is 2.02. The second kappa shape index (κ2) is 5.44. The van der Waals surface area contributed by atoms with E-state index in [1.165, 1.54) is 11.8 Å². The lowest BCUT2D eigenvalue weighted by atomic mass is 10.1. The largest absolute Gasteiger partial charge is 0.480 e. The van der Waals surface area contributed by atoms with Crippen molar-refractivity contribution < 1.29 is 14.7 Å². The molecule has 2 atom stereocenters. The number of amides is 1. The first kappa shape index (κ1) is 13.0. The average Bonchev–Trinajstić information content (AvgIpc) is 2.39. The van der Waals surface area contributed by atoms with Crippen LogP contribution in [0.3, 0.4) is 0 Å². The highest BCUT2D eigenvalue weighted by Crippen LogP contribution is 2.27. The van der Waals surface area contributed by atoms with Crippen LogP contribution in [-0.2, 0) is 9.59 Å². The molecule has 1 N–H and O–H groups in total. The van der Waals surface area contributed by atoms with E-state index in [1.807, 2.05) is 37.3 Å². The van der Waals surface area contributed by atoms with Gasteiger partial charge in [-0.1, -0.05) is 30.3 Å². The summed E-state index contributed by atoms with van der Waals surface area (Å²) in [4.78, 5) is 24.6. The lowest BCUT2D eigenvalue weighted by molar-refractivity contribution is -0.138. The minimum absolute atomic E-state index is 0.00820. The third kappa shape index (κ3) is 2.67. The van der Waals surface area contributed by atoms with Crippen molar-refractivity contribution in [2.24, 2.45) is 0 Å². The summed E-state index contributed by atoms with van der Waals surface area (Å²) in [6.07, 6.45) is 0. The molecule has 1 heterocycles. The molecule has 0 saturated carbocycles. The number of aliphatic carboxylic acids is 1. The Bertz CT molecular complexity index is 449. The number of hydrogen-bond acceptors (Lipinski definition) is 3. The molecular weight excluding hydrogens is 250 g/mol. The highest BCUT2D eigenvalue weighted by Gasteiger charge is 2.33. The van der Waals surface area contributed by atoms with Crippen LogP contribution >= 0.6 is 11.8 Å². The van der Waals surface area contributed by atoms with Gasteiger partial charge in [0.25, 0.3) is 0 Å².